The lowest BCUT2D eigenvalue weighted by Gasteiger charge is -2.25. The minimum atomic E-state index is -0.536. The van der Waals surface area contributed by atoms with Crippen molar-refractivity contribution in [1.29, 1.82) is 0 Å². The molecule has 3 nitrogen and oxygen atoms in total. The van der Waals surface area contributed by atoms with Crippen molar-refractivity contribution < 1.29 is 10.2 Å². The van der Waals surface area contributed by atoms with Crippen LogP contribution in [0.5, 0.6) is 5.75 Å². The second-order valence-corrected chi connectivity index (χ2v) is 6.73. The van der Waals surface area contributed by atoms with Crippen molar-refractivity contribution in [3.8, 4) is 5.75 Å². The number of fused-ring (bicyclic) bond motifs is 1. The topological polar surface area (TPSA) is 52.5 Å². The molecule has 0 aromatic heterocycles. The van der Waals surface area contributed by atoms with Gasteiger partial charge in [0.2, 0.25) is 0 Å². The third-order valence-electron chi connectivity index (χ3n) is 5.12. The molecule has 1 aromatic carbocycles. The van der Waals surface area contributed by atoms with E-state index in [1.54, 1.807) is 6.07 Å². The minimum Gasteiger partial charge on any atom is -0.508 e. The van der Waals surface area contributed by atoms with E-state index in [0.29, 0.717) is 18.2 Å². The second-order valence-electron chi connectivity index (χ2n) is 6.73. The lowest BCUT2D eigenvalue weighted by atomic mass is 9.97. The summed E-state index contributed by atoms with van der Waals surface area (Å²) in [6.07, 6.45) is 5.05. The molecule has 0 bridgehead atoms. The summed E-state index contributed by atoms with van der Waals surface area (Å²) < 4.78 is 0. The first-order chi connectivity index (χ1) is 9.50. The Balaban J connectivity index is 1.79. The zero-order chi connectivity index (χ0) is 14.3. The first kappa shape index (κ1) is 13.9. The van der Waals surface area contributed by atoms with E-state index in [4.69, 9.17) is 0 Å². The van der Waals surface area contributed by atoms with Crippen LogP contribution in [0.4, 0.5) is 0 Å². The molecule has 3 N–H and O–H groups in total. The molecule has 1 aromatic rings. The quantitative estimate of drug-likeness (QED) is 0.794. The standard InChI is InChI=1S/C17H25NO2/c1-11-5-6-14(19)16-13(9-12(2)15(11)16)18-10-17(20)7-3-4-8-17/h5-6,12-13,18-20H,3-4,7-10H2,1-2H3. The molecule has 2 aliphatic rings. The SMILES string of the molecule is Cc1ccc(O)c2c1C(C)CC2NCC1(O)CCCC1. The highest BCUT2D eigenvalue weighted by atomic mass is 16.3. The zero-order valence-electron chi connectivity index (χ0n) is 12.4. The van der Waals surface area contributed by atoms with Gasteiger partial charge in [-0.2, -0.15) is 0 Å². The fourth-order valence-electron chi connectivity index (χ4n) is 4.05. The number of hydrogen-bond acceptors (Lipinski definition) is 3. The molecule has 2 atom stereocenters. The van der Waals surface area contributed by atoms with Gasteiger partial charge in [0.15, 0.2) is 0 Å². The number of phenols is 1. The van der Waals surface area contributed by atoms with Crippen molar-refractivity contribution in [3.05, 3.63) is 28.8 Å². The molecular weight excluding hydrogens is 250 g/mol. The van der Waals surface area contributed by atoms with Gasteiger partial charge in [-0.15, -0.1) is 0 Å². The maximum atomic E-state index is 10.5. The van der Waals surface area contributed by atoms with E-state index >= 15 is 0 Å². The molecule has 0 heterocycles. The van der Waals surface area contributed by atoms with Crippen LogP contribution in [0.2, 0.25) is 0 Å². The van der Waals surface area contributed by atoms with Gasteiger partial charge < -0.3 is 15.5 Å². The molecule has 3 rings (SSSR count). The Morgan fingerprint density at radius 2 is 1.95 bits per heavy atom. The highest BCUT2D eigenvalue weighted by Gasteiger charge is 2.35. The molecule has 1 fully saturated rings. The van der Waals surface area contributed by atoms with Gasteiger partial charge in [0.25, 0.3) is 0 Å². The second kappa shape index (κ2) is 5.05. The molecule has 110 valence electrons. The molecule has 0 amide bonds. The number of nitrogens with one attached hydrogen (secondary N) is 1. The summed E-state index contributed by atoms with van der Waals surface area (Å²) in [6, 6.07) is 3.97. The van der Waals surface area contributed by atoms with Gasteiger partial charge in [-0.1, -0.05) is 25.8 Å². The maximum absolute atomic E-state index is 10.5. The maximum Gasteiger partial charge on any atom is 0.120 e. The van der Waals surface area contributed by atoms with Gasteiger partial charge in [0.05, 0.1) is 5.60 Å². The summed E-state index contributed by atoms with van der Waals surface area (Å²) in [5, 5.41) is 24.2. The van der Waals surface area contributed by atoms with Gasteiger partial charge in [0, 0.05) is 18.2 Å². The van der Waals surface area contributed by atoms with E-state index in [-0.39, 0.29) is 6.04 Å². The smallest absolute Gasteiger partial charge is 0.120 e. The fourth-order valence-corrected chi connectivity index (χ4v) is 4.05. The lowest BCUT2D eigenvalue weighted by molar-refractivity contribution is 0.0446. The Kier molecular flexibility index (Phi) is 3.51. The van der Waals surface area contributed by atoms with Crippen LogP contribution in [0.25, 0.3) is 0 Å². The number of phenolic OH excluding ortho intramolecular Hbond substituents is 1. The van der Waals surface area contributed by atoms with Gasteiger partial charge in [-0.05, 0) is 49.3 Å². The number of aromatic hydroxyl groups is 1. The number of rotatable bonds is 3. The monoisotopic (exact) mass is 275 g/mol. The van der Waals surface area contributed by atoms with Gasteiger partial charge in [0.1, 0.15) is 5.75 Å². The van der Waals surface area contributed by atoms with Crippen LogP contribution in [-0.4, -0.2) is 22.4 Å². The summed E-state index contributed by atoms with van der Waals surface area (Å²) in [5.74, 6) is 0.860. The van der Waals surface area contributed by atoms with Crippen LogP contribution >= 0.6 is 0 Å². The number of benzene rings is 1. The predicted molar refractivity (Wildman–Crippen MR) is 80.0 cm³/mol. The molecule has 0 saturated heterocycles. The van der Waals surface area contributed by atoms with Crippen LogP contribution in [0.1, 0.15) is 67.7 Å². The zero-order valence-corrected chi connectivity index (χ0v) is 12.4. The molecule has 2 unspecified atom stereocenters. The van der Waals surface area contributed by atoms with E-state index in [0.717, 1.165) is 37.7 Å². The highest BCUT2D eigenvalue weighted by Crippen LogP contribution is 2.46. The van der Waals surface area contributed by atoms with Crippen molar-refractivity contribution in [2.45, 2.75) is 63.5 Å². The Morgan fingerprint density at radius 1 is 1.25 bits per heavy atom. The first-order valence-electron chi connectivity index (χ1n) is 7.78. The Bertz CT molecular complexity index is 506. The van der Waals surface area contributed by atoms with Gasteiger partial charge in [-0.3, -0.25) is 0 Å². The molecule has 0 spiro atoms. The molecule has 1 saturated carbocycles. The third kappa shape index (κ3) is 2.33. The molecule has 3 heteroatoms. The van der Waals surface area contributed by atoms with E-state index < -0.39 is 5.60 Å². The van der Waals surface area contributed by atoms with E-state index in [1.807, 2.05) is 6.07 Å². The molecule has 2 aliphatic carbocycles. The summed E-state index contributed by atoms with van der Waals surface area (Å²) in [6.45, 7) is 4.97. The number of hydrogen-bond donors (Lipinski definition) is 3. The van der Waals surface area contributed by atoms with Crippen LogP contribution in [0, 0.1) is 6.92 Å². The van der Waals surface area contributed by atoms with Crippen LogP contribution < -0.4 is 5.32 Å². The lowest BCUT2D eigenvalue weighted by Crippen LogP contribution is -2.39. The van der Waals surface area contributed by atoms with Gasteiger partial charge >= 0.3 is 0 Å². The predicted octanol–water partition coefficient (Wildman–Crippen LogP) is 3.14. The van der Waals surface area contributed by atoms with Crippen LogP contribution in [0.3, 0.4) is 0 Å². The van der Waals surface area contributed by atoms with Gasteiger partial charge in [-0.25, -0.2) is 0 Å². The van der Waals surface area contributed by atoms with E-state index in [9.17, 15) is 10.2 Å². The van der Waals surface area contributed by atoms with Crippen LogP contribution in [0.15, 0.2) is 12.1 Å². The van der Waals surface area contributed by atoms with E-state index in [1.165, 1.54) is 11.1 Å². The Hall–Kier alpha value is -1.06. The first-order valence-corrected chi connectivity index (χ1v) is 7.78. The van der Waals surface area contributed by atoms with Crippen molar-refractivity contribution in [2.24, 2.45) is 0 Å². The normalized spacial score (nSPS) is 27.8. The van der Waals surface area contributed by atoms with Crippen molar-refractivity contribution in [1.82, 2.24) is 5.32 Å². The highest BCUT2D eigenvalue weighted by molar-refractivity contribution is 5.50. The average Bonchev–Trinajstić information content (AvgIpc) is 2.97. The Morgan fingerprint density at radius 3 is 2.65 bits per heavy atom. The largest absolute Gasteiger partial charge is 0.508 e. The van der Waals surface area contributed by atoms with Crippen molar-refractivity contribution >= 4 is 0 Å². The summed E-state index contributed by atoms with van der Waals surface area (Å²) in [7, 11) is 0. The fraction of sp³-hybridized carbons (Fsp3) is 0.647. The third-order valence-corrected chi connectivity index (χ3v) is 5.12. The summed E-state index contributed by atoms with van der Waals surface area (Å²) in [4.78, 5) is 0. The van der Waals surface area contributed by atoms with E-state index in [2.05, 4.69) is 19.2 Å². The number of aryl methyl sites for hydroxylation is 1. The number of aliphatic hydroxyl groups is 1. The van der Waals surface area contributed by atoms with Crippen LogP contribution in [-0.2, 0) is 0 Å². The molecule has 20 heavy (non-hydrogen) atoms. The summed E-state index contributed by atoms with van der Waals surface area (Å²) >= 11 is 0. The summed E-state index contributed by atoms with van der Waals surface area (Å²) in [5.41, 5.74) is 3.07. The van der Waals surface area contributed by atoms with Crippen molar-refractivity contribution in [2.75, 3.05) is 6.54 Å². The molecule has 0 aliphatic heterocycles. The Labute approximate surface area is 121 Å². The minimum absolute atomic E-state index is 0.171. The molecular formula is C17H25NO2. The van der Waals surface area contributed by atoms with Crippen molar-refractivity contribution in [3.63, 3.8) is 0 Å². The molecule has 0 radical (unpaired) electrons. The average molecular weight is 275 g/mol.